The van der Waals surface area contributed by atoms with Crippen molar-refractivity contribution in [2.45, 2.75) is 57.4 Å². The molecule has 82 valence electrons. The first-order valence-electron chi connectivity index (χ1n) is 5.68. The van der Waals surface area contributed by atoms with E-state index in [1.165, 1.54) is 38.5 Å². The Morgan fingerprint density at radius 3 is 2.57 bits per heavy atom. The van der Waals surface area contributed by atoms with Gasteiger partial charge in [0.1, 0.15) is 6.04 Å². The van der Waals surface area contributed by atoms with Gasteiger partial charge in [-0.25, -0.2) is 0 Å². The van der Waals surface area contributed by atoms with Crippen molar-refractivity contribution in [1.82, 2.24) is 0 Å². The van der Waals surface area contributed by atoms with Crippen LogP contribution in [0.1, 0.15) is 51.4 Å². The van der Waals surface area contributed by atoms with Gasteiger partial charge in [-0.3, -0.25) is 4.79 Å². The molecule has 0 unspecified atom stereocenters. The van der Waals surface area contributed by atoms with Gasteiger partial charge in [0, 0.05) is 0 Å². The molecule has 1 aliphatic rings. The van der Waals surface area contributed by atoms with E-state index in [0.29, 0.717) is 6.42 Å². The van der Waals surface area contributed by atoms with Crippen LogP contribution in [0.5, 0.6) is 0 Å². The van der Waals surface area contributed by atoms with Crippen LogP contribution >= 0.6 is 0 Å². The number of carboxylic acid groups (broad SMARTS) is 1. The molecule has 0 aromatic carbocycles. The highest BCUT2D eigenvalue weighted by atomic mass is 16.4. The van der Waals surface area contributed by atoms with Gasteiger partial charge in [0.05, 0.1) is 0 Å². The molecule has 3 heteroatoms. The number of hydrogen-bond donors (Lipinski definition) is 2. The van der Waals surface area contributed by atoms with Gasteiger partial charge < -0.3 is 10.8 Å². The molecule has 1 rings (SSSR count). The van der Waals surface area contributed by atoms with Crippen LogP contribution in [0.25, 0.3) is 0 Å². The summed E-state index contributed by atoms with van der Waals surface area (Å²) in [4.78, 5) is 10.5. The van der Waals surface area contributed by atoms with Crippen LogP contribution in [0.4, 0.5) is 0 Å². The maximum atomic E-state index is 10.5. The Morgan fingerprint density at radius 1 is 1.36 bits per heavy atom. The molecule has 0 amide bonds. The van der Waals surface area contributed by atoms with Crippen LogP contribution < -0.4 is 5.73 Å². The largest absolute Gasteiger partial charge is 0.480 e. The van der Waals surface area contributed by atoms with E-state index in [-0.39, 0.29) is 0 Å². The van der Waals surface area contributed by atoms with Crippen molar-refractivity contribution in [2.24, 2.45) is 11.7 Å². The summed E-state index contributed by atoms with van der Waals surface area (Å²) in [7, 11) is 0. The number of rotatable bonds is 5. The van der Waals surface area contributed by atoms with Gasteiger partial charge in [-0.2, -0.15) is 0 Å². The van der Waals surface area contributed by atoms with Gasteiger partial charge in [-0.15, -0.1) is 0 Å². The Hall–Kier alpha value is -0.570. The predicted molar refractivity (Wildman–Crippen MR) is 56.0 cm³/mol. The molecule has 0 radical (unpaired) electrons. The summed E-state index contributed by atoms with van der Waals surface area (Å²) in [5.74, 6) is -0.0293. The van der Waals surface area contributed by atoms with Gasteiger partial charge in [-0.05, 0) is 12.3 Å². The Labute approximate surface area is 85.7 Å². The highest BCUT2D eigenvalue weighted by Crippen LogP contribution is 2.27. The van der Waals surface area contributed by atoms with Crippen molar-refractivity contribution < 1.29 is 9.90 Å². The normalized spacial score (nSPS) is 20.6. The van der Waals surface area contributed by atoms with E-state index < -0.39 is 12.0 Å². The van der Waals surface area contributed by atoms with E-state index in [1.54, 1.807) is 0 Å². The van der Waals surface area contributed by atoms with E-state index in [2.05, 4.69) is 0 Å². The van der Waals surface area contributed by atoms with Crippen molar-refractivity contribution in [3.63, 3.8) is 0 Å². The molecule has 0 spiro atoms. The van der Waals surface area contributed by atoms with Crippen LogP contribution in [0, 0.1) is 5.92 Å². The van der Waals surface area contributed by atoms with E-state index in [0.717, 1.165) is 12.3 Å². The molecular formula is C11H21NO2. The zero-order valence-electron chi connectivity index (χ0n) is 8.74. The number of aliphatic carboxylic acids is 1. The highest BCUT2D eigenvalue weighted by Gasteiger charge is 2.15. The molecule has 0 saturated heterocycles. The summed E-state index contributed by atoms with van der Waals surface area (Å²) < 4.78 is 0. The monoisotopic (exact) mass is 199 g/mol. The van der Waals surface area contributed by atoms with Gasteiger partial charge in [0.2, 0.25) is 0 Å². The van der Waals surface area contributed by atoms with Gasteiger partial charge in [0.25, 0.3) is 0 Å². The average molecular weight is 199 g/mol. The molecule has 1 fully saturated rings. The molecular weight excluding hydrogens is 178 g/mol. The Morgan fingerprint density at radius 2 is 2.00 bits per heavy atom. The third-order valence-electron chi connectivity index (χ3n) is 3.17. The second-order valence-corrected chi connectivity index (χ2v) is 4.38. The molecule has 1 atom stereocenters. The minimum Gasteiger partial charge on any atom is -0.480 e. The lowest BCUT2D eigenvalue weighted by molar-refractivity contribution is -0.138. The van der Waals surface area contributed by atoms with Gasteiger partial charge in [-0.1, -0.05) is 44.9 Å². The molecule has 3 nitrogen and oxygen atoms in total. The van der Waals surface area contributed by atoms with Crippen molar-refractivity contribution in [3.8, 4) is 0 Å². The fourth-order valence-electron chi connectivity index (χ4n) is 2.23. The summed E-state index contributed by atoms with van der Waals surface area (Å²) in [6.07, 6.45) is 9.53. The van der Waals surface area contributed by atoms with Gasteiger partial charge in [0.15, 0.2) is 0 Å². The van der Waals surface area contributed by atoms with Crippen molar-refractivity contribution in [1.29, 1.82) is 0 Å². The molecule has 0 aromatic heterocycles. The number of carboxylic acids is 1. The lowest BCUT2D eigenvalue weighted by Crippen LogP contribution is -2.29. The maximum Gasteiger partial charge on any atom is 0.320 e. The summed E-state index contributed by atoms with van der Waals surface area (Å²) >= 11 is 0. The Kier molecular flexibility index (Phi) is 4.94. The lowest BCUT2D eigenvalue weighted by Gasteiger charge is -2.21. The minimum absolute atomic E-state index is 0.631. The molecule has 0 bridgehead atoms. The highest BCUT2D eigenvalue weighted by molar-refractivity contribution is 5.72. The summed E-state index contributed by atoms with van der Waals surface area (Å²) in [6.45, 7) is 0. The van der Waals surface area contributed by atoms with Gasteiger partial charge >= 0.3 is 5.97 Å². The molecule has 0 aromatic rings. The zero-order chi connectivity index (χ0) is 10.4. The Bertz CT molecular complexity index is 176. The SMILES string of the molecule is N[C@@H](CCCC1CCCCC1)C(=O)O. The van der Waals surface area contributed by atoms with Crippen molar-refractivity contribution in [3.05, 3.63) is 0 Å². The molecule has 0 aliphatic heterocycles. The summed E-state index contributed by atoms with van der Waals surface area (Å²) in [5.41, 5.74) is 5.43. The maximum absolute atomic E-state index is 10.5. The predicted octanol–water partition coefficient (Wildman–Crippen LogP) is 2.15. The second-order valence-electron chi connectivity index (χ2n) is 4.38. The third kappa shape index (κ3) is 4.09. The van der Waals surface area contributed by atoms with Crippen LogP contribution in [-0.4, -0.2) is 17.1 Å². The van der Waals surface area contributed by atoms with E-state index in [9.17, 15) is 4.79 Å². The quantitative estimate of drug-likeness (QED) is 0.713. The van der Waals surface area contributed by atoms with Crippen LogP contribution in [0.15, 0.2) is 0 Å². The summed E-state index contributed by atoms with van der Waals surface area (Å²) in [6, 6.07) is -0.654. The first-order chi connectivity index (χ1) is 6.70. The fraction of sp³-hybridized carbons (Fsp3) is 0.909. The first-order valence-corrected chi connectivity index (χ1v) is 5.68. The molecule has 1 saturated carbocycles. The topological polar surface area (TPSA) is 63.3 Å². The van der Waals surface area contributed by atoms with E-state index >= 15 is 0 Å². The fourth-order valence-corrected chi connectivity index (χ4v) is 2.23. The number of hydrogen-bond acceptors (Lipinski definition) is 2. The standard InChI is InChI=1S/C11H21NO2/c12-10(11(13)14)8-4-7-9-5-2-1-3-6-9/h9-10H,1-8,12H2,(H,13,14)/t10-/m0/s1. The Balaban J connectivity index is 2.05. The molecule has 14 heavy (non-hydrogen) atoms. The second kappa shape index (κ2) is 6.02. The van der Waals surface area contributed by atoms with Crippen molar-refractivity contribution >= 4 is 5.97 Å². The van der Waals surface area contributed by atoms with Crippen LogP contribution in [-0.2, 0) is 4.79 Å². The number of nitrogens with two attached hydrogens (primary N) is 1. The molecule has 0 heterocycles. The minimum atomic E-state index is -0.867. The first kappa shape index (κ1) is 11.5. The van der Waals surface area contributed by atoms with Crippen molar-refractivity contribution in [2.75, 3.05) is 0 Å². The number of carbonyl (C=O) groups is 1. The average Bonchev–Trinajstić information content (AvgIpc) is 2.19. The van der Waals surface area contributed by atoms with Crippen LogP contribution in [0.2, 0.25) is 0 Å². The van der Waals surface area contributed by atoms with E-state index in [1.807, 2.05) is 0 Å². The molecule has 3 N–H and O–H groups in total. The molecule has 1 aliphatic carbocycles. The zero-order valence-corrected chi connectivity index (χ0v) is 8.74. The van der Waals surface area contributed by atoms with Crippen LogP contribution in [0.3, 0.4) is 0 Å². The summed E-state index contributed by atoms with van der Waals surface area (Å²) in [5, 5.41) is 8.59. The third-order valence-corrected chi connectivity index (χ3v) is 3.17. The lowest BCUT2D eigenvalue weighted by atomic mass is 9.85. The smallest absolute Gasteiger partial charge is 0.320 e. The van der Waals surface area contributed by atoms with E-state index in [4.69, 9.17) is 10.8 Å².